The van der Waals surface area contributed by atoms with Crippen LogP contribution in [0.15, 0.2) is 18.2 Å². The molecule has 0 aliphatic carbocycles. The van der Waals surface area contributed by atoms with E-state index in [1.165, 1.54) is 0 Å². The third-order valence-corrected chi connectivity index (χ3v) is 2.93. The highest BCUT2D eigenvalue weighted by Crippen LogP contribution is 2.27. The van der Waals surface area contributed by atoms with Gasteiger partial charge in [-0.1, -0.05) is 0 Å². The van der Waals surface area contributed by atoms with E-state index in [9.17, 15) is 4.79 Å². The Morgan fingerprint density at radius 1 is 1.56 bits per heavy atom. The van der Waals surface area contributed by atoms with Crippen molar-refractivity contribution in [2.75, 3.05) is 30.4 Å². The van der Waals surface area contributed by atoms with Crippen LogP contribution in [0.1, 0.15) is 5.56 Å². The molecule has 1 unspecified atom stereocenters. The zero-order valence-corrected chi connectivity index (χ0v) is 9.80. The monoisotopic (exact) mass is 246 g/mol. The first kappa shape index (κ1) is 12.2. The number of hydrogen-bond donors (Lipinski definition) is 2. The Balaban J connectivity index is 2.39. The van der Waals surface area contributed by atoms with Crippen molar-refractivity contribution in [1.29, 1.82) is 5.26 Å². The van der Waals surface area contributed by atoms with Gasteiger partial charge in [-0.15, -0.1) is 0 Å². The minimum absolute atomic E-state index is 0.242. The SMILES string of the molecule is N#Cc1ccc(N)c(N2CCOCC2C(N)=O)c1. The summed E-state index contributed by atoms with van der Waals surface area (Å²) in [7, 11) is 0. The first-order valence-electron chi connectivity index (χ1n) is 5.57. The molecule has 0 bridgehead atoms. The fourth-order valence-electron chi connectivity index (χ4n) is 1.99. The van der Waals surface area contributed by atoms with Crippen molar-refractivity contribution in [3.8, 4) is 6.07 Å². The molecule has 6 nitrogen and oxygen atoms in total. The van der Waals surface area contributed by atoms with E-state index in [0.29, 0.717) is 30.1 Å². The minimum atomic E-state index is -0.546. The van der Waals surface area contributed by atoms with Gasteiger partial charge in [-0.2, -0.15) is 5.26 Å². The van der Waals surface area contributed by atoms with Gasteiger partial charge in [0.25, 0.3) is 0 Å². The van der Waals surface area contributed by atoms with Gasteiger partial charge < -0.3 is 21.1 Å². The molecule has 0 radical (unpaired) electrons. The molecule has 0 spiro atoms. The second kappa shape index (κ2) is 4.94. The molecule has 0 aromatic heterocycles. The molecule has 1 heterocycles. The summed E-state index contributed by atoms with van der Waals surface area (Å²) in [6.07, 6.45) is 0. The molecule has 6 heteroatoms. The van der Waals surface area contributed by atoms with Crippen molar-refractivity contribution in [2.45, 2.75) is 6.04 Å². The summed E-state index contributed by atoms with van der Waals surface area (Å²) in [6, 6.07) is 6.46. The number of nitrogens with zero attached hydrogens (tertiary/aromatic N) is 2. The van der Waals surface area contributed by atoms with Gasteiger partial charge >= 0.3 is 0 Å². The van der Waals surface area contributed by atoms with Crippen LogP contribution in [0.25, 0.3) is 0 Å². The number of primary amides is 1. The highest BCUT2D eigenvalue weighted by Gasteiger charge is 2.29. The number of carbonyl (C=O) groups is 1. The molecule has 2 rings (SSSR count). The first-order chi connectivity index (χ1) is 8.63. The zero-order chi connectivity index (χ0) is 13.1. The largest absolute Gasteiger partial charge is 0.397 e. The lowest BCUT2D eigenvalue weighted by Gasteiger charge is -2.36. The van der Waals surface area contributed by atoms with E-state index >= 15 is 0 Å². The van der Waals surface area contributed by atoms with Gasteiger partial charge in [-0.3, -0.25) is 4.79 Å². The van der Waals surface area contributed by atoms with E-state index in [4.69, 9.17) is 21.5 Å². The average molecular weight is 246 g/mol. The van der Waals surface area contributed by atoms with Crippen LogP contribution in [-0.4, -0.2) is 31.7 Å². The number of nitriles is 1. The van der Waals surface area contributed by atoms with Gasteiger partial charge in [-0.05, 0) is 18.2 Å². The third kappa shape index (κ3) is 2.21. The molecule has 0 saturated carbocycles. The summed E-state index contributed by atoms with van der Waals surface area (Å²) in [6.45, 7) is 1.26. The fourth-order valence-corrected chi connectivity index (χ4v) is 1.99. The molecule has 4 N–H and O–H groups in total. The number of amides is 1. The van der Waals surface area contributed by atoms with Crippen molar-refractivity contribution in [3.05, 3.63) is 23.8 Å². The molecule has 94 valence electrons. The zero-order valence-electron chi connectivity index (χ0n) is 9.80. The predicted molar refractivity (Wildman–Crippen MR) is 66.7 cm³/mol. The maximum Gasteiger partial charge on any atom is 0.242 e. The second-order valence-electron chi connectivity index (χ2n) is 4.07. The Morgan fingerprint density at radius 2 is 2.33 bits per heavy atom. The quantitative estimate of drug-likeness (QED) is 0.705. The van der Waals surface area contributed by atoms with Crippen molar-refractivity contribution < 1.29 is 9.53 Å². The van der Waals surface area contributed by atoms with E-state index in [-0.39, 0.29) is 6.61 Å². The maximum absolute atomic E-state index is 11.4. The average Bonchev–Trinajstić information content (AvgIpc) is 2.39. The Kier molecular flexibility index (Phi) is 3.35. The maximum atomic E-state index is 11.4. The lowest BCUT2D eigenvalue weighted by molar-refractivity contribution is -0.121. The van der Waals surface area contributed by atoms with E-state index in [1.54, 1.807) is 23.1 Å². The number of morpholine rings is 1. The second-order valence-corrected chi connectivity index (χ2v) is 4.07. The number of rotatable bonds is 2. The number of nitrogen functional groups attached to an aromatic ring is 1. The van der Waals surface area contributed by atoms with Crippen molar-refractivity contribution in [3.63, 3.8) is 0 Å². The smallest absolute Gasteiger partial charge is 0.242 e. The van der Waals surface area contributed by atoms with Crippen molar-refractivity contribution in [2.24, 2.45) is 5.73 Å². The van der Waals surface area contributed by atoms with Crippen LogP contribution in [0.2, 0.25) is 0 Å². The number of carbonyl (C=O) groups excluding carboxylic acids is 1. The van der Waals surface area contributed by atoms with Crippen LogP contribution in [0, 0.1) is 11.3 Å². The number of anilines is 2. The van der Waals surface area contributed by atoms with Gasteiger partial charge in [0.2, 0.25) is 5.91 Å². The normalized spacial score (nSPS) is 19.3. The molecule has 1 aromatic carbocycles. The van der Waals surface area contributed by atoms with E-state index in [0.717, 1.165) is 0 Å². The van der Waals surface area contributed by atoms with E-state index in [1.807, 2.05) is 6.07 Å². The summed E-state index contributed by atoms with van der Waals surface area (Å²) in [5, 5.41) is 8.90. The Labute approximate surface area is 105 Å². The molecule has 1 fully saturated rings. The molecular weight excluding hydrogens is 232 g/mol. The van der Waals surface area contributed by atoms with Crippen LogP contribution >= 0.6 is 0 Å². The minimum Gasteiger partial charge on any atom is -0.397 e. The lowest BCUT2D eigenvalue weighted by atomic mass is 10.1. The molecule has 1 aromatic rings. The molecule has 1 aliphatic heterocycles. The molecule has 18 heavy (non-hydrogen) atoms. The standard InChI is InChI=1S/C12H14N4O2/c13-6-8-1-2-9(14)10(5-8)16-3-4-18-7-11(16)12(15)17/h1-2,5,11H,3-4,7,14H2,(H2,15,17). The topological polar surface area (TPSA) is 105 Å². The summed E-state index contributed by atoms with van der Waals surface area (Å²) in [4.78, 5) is 13.2. The number of benzene rings is 1. The molecular formula is C12H14N4O2. The van der Waals surface area contributed by atoms with Crippen LogP contribution in [0.3, 0.4) is 0 Å². The molecule has 1 saturated heterocycles. The predicted octanol–water partition coefficient (Wildman–Crippen LogP) is -0.169. The highest BCUT2D eigenvalue weighted by atomic mass is 16.5. The van der Waals surface area contributed by atoms with Gasteiger partial charge in [-0.25, -0.2) is 0 Å². The first-order valence-corrected chi connectivity index (χ1v) is 5.57. The van der Waals surface area contributed by atoms with Gasteiger partial charge in [0.15, 0.2) is 0 Å². The summed E-state index contributed by atoms with van der Waals surface area (Å²) < 4.78 is 5.24. The van der Waals surface area contributed by atoms with Crippen molar-refractivity contribution in [1.82, 2.24) is 0 Å². The lowest BCUT2D eigenvalue weighted by Crippen LogP contribution is -2.52. The summed E-state index contributed by atoms with van der Waals surface area (Å²) >= 11 is 0. The Bertz CT molecular complexity index is 509. The van der Waals surface area contributed by atoms with Crippen LogP contribution in [-0.2, 0) is 9.53 Å². The molecule has 1 aliphatic rings. The summed E-state index contributed by atoms with van der Waals surface area (Å²) in [5.74, 6) is -0.462. The van der Waals surface area contributed by atoms with E-state index in [2.05, 4.69) is 0 Å². The van der Waals surface area contributed by atoms with Gasteiger partial charge in [0.1, 0.15) is 6.04 Å². The van der Waals surface area contributed by atoms with Crippen LogP contribution in [0.4, 0.5) is 11.4 Å². The van der Waals surface area contributed by atoms with Crippen LogP contribution in [0.5, 0.6) is 0 Å². The fraction of sp³-hybridized carbons (Fsp3) is 0.333. The van der Waals surface area contributed by atoms with Gasteiger partial charge in [0.05, 0.1) is 36.2 Å². The van der Waals surface area contributed by atoms with Gasteiger partial charge in [0, 0.05) is 6.54 Å². The Morgan fingerprint density at radius 3 is 3.00 bits per heavy atom. The van der Waals surface area contributed by atoms with Crippen molar-refractivity contribution >= 4 is 17.3 Å². The highest BCUT2D eigenvalue weighted by molar-refractivity contribution is 5.86. The number of hydrogen-bond acceptors (Lipinski definition) is 5. The van der Waals surface area contributed by atoms with E-state index < -0.39 is 11.9 Å². The summed E-state index contributed by atoms with van der Waals surface area (Å²) in [5.41, 5.74) is 12.9. The number of ether oxygens (including phenoxy) is 1. The number of nitrogens with two attached hydrogens (primary N) is 2. The third-order valence-electron chi connectivity index (χ3n) is 2.93. The molecule has 1 amide bonds. The molecule has 1 atom stereocenters. The Hall–Kier alpha value is -2.26. The van der Waals surface area contributed by atoms with Crippen LogP contribution < -0.4 is 16.4 Å².